The zero-order valence-electron chi connectivity index (χ0n) is 18.4. The summed E-state index contributed by atoms with van der Waals surface area (Å²) in [5, 5.41) is 12.2. The van der Waals surface area contributed by atoms with Crippen LogP contribution in [0.3, 0.4) is 0 Å². The van der Waals surface area contributed by atoms with E-state index in [4.69, 9.17) is 25.8 Å². The van der Waals surface area contributed by atoms with Gasteiger partial charge < -0.3 is 24.4 Å². The van der Waals surface area contributed by atoms with Gasteiger partial charge in [-0.25, -0.2) is 0 Å². The number of morpholine rings is 1. The third kappa shape index (κ3) is 5.32. The summed E-state index contributed by atoms with van der Waals surface area (Å²) in [6, 6.07) is 8.96. The SMILES string of the molecule is COc1ccc(CNC(=O)c2cc(-c3cncc(Cl)c3)nnc2N2CCOCC2)cc1OC. The molecule has 33 heavy (non-hydrogen) atoms. The Kier molecular flexibility index (Phi) is 7.21. The number of rotatable bonds is 7. The smallest absolute Gasteiger partial charge is 0.255 e. The number of pyridine rings is 1. The van der Waals surface area contributed by atoms with E-state index < -0.39 is 0 Å². The Balaban J connectivity index is 1.61. The van der Waals surface area contributed by atoms with Gasteiger partial charge in [0.05, 0.1) is 43.7 Å². The molecule has 0 aliphatic carbocycles. The lowest BCUT2D eigenvalue weighted by molar-refractivity contribution is 0.0948. The first-order chi connectivity index (χ1) is 16.1. The van der Waals surface area contributed by atoms with Crippen molar-refractivity contribution in [3.05, 3.63) is 58.9 Å². The van der Waals surface area contributed by atoms with Crippen LogP contribution in [0.2, 0.25) is 5.02 Å². The highest BCUT2D eigenvalue weighted by atomic mass is 35.5. The van der Waals surface area contributed by atoms with Gasteiger partial charge in [0.15, 0.2) is 17.3 Å². The van der Waals surface area contributed by atoms with Crippen LogP contribution < -0.4 is 19.7 Å². The number of ether oxygens (including phenoxy) is 3. The topological polar surface area (TPSA) is 98.7 Å². The molecule has 1 fully saturated rings. The lowest BCUT2D eigenvalue weighted by atomic mass is 10.1. The van der Waals surface area contributed by atoms with E-state index in [1.54, 1.807) is 38.6 Å². The highest BCUT2D eigenvalue weighted by molar-refractivity contribution is 6.30. The van der Waals surface area contributed by atoms with E-state index in [9.17, 15) is 4.79 Å². The first kappa shape index (κ1) is 22.8. The molecule has 1 aliphatic heterocycles. The Morgan fingerprint density at radius 3 is 2.61 bits per heavy atom. The zero-order valence-corrected chi connectivity index (χ0v) is 19.1. The van der Waals surface area contributed by atoms with Crippen molar-refractivity contribution < 1.29 is 19.0 Å². The predicted octanol–water partition coefficient (Wildman–Crippen LogP) is 2.98. The lowest BCUT2D eigenvalue weighted by Crippen LogP contribution is -2.38. The molecule has 0 saturated carbocycles. The highest BCUT2D eigenvalue weighted by Gasteiger charge is 2.22. The molecule has 0 bridgehead atoms. The van der Waals surface area contributed by atoms with Crippen LogP contribution in [0, 0.1) is 0 Å². The number of benzene rings is 1. The van der Waals surface area contributed by atoms with Crippen molar-refractivity contribution in [2.75, 3.05) is 45.4 Å². The minimum Gasteiger partial charge on any atom is -0.493 e. The molecule has 2 aromatic heterocycles. The monoisotopic (exact) mass is 469 g/mol. The maximum absolute atomic E-state index is 13.3. The molecular formula is C23H24ClN5O4. The van der Waals surface area contributed by atoms with Crippen molar-refractivity contribution in [2.24, 2.45) is 0 Å². The molecule has 0 spiro atoms. The van der Waals surface area contributed by atoms with Gasteiger partial charge in [0, 0.05) is 37.6 Å². The number of amides is 1. The second kappa shape index (κ2) is 10.5. The summed E-state index contributed by atoms with van der Waals surface area (Å²) in [5.74, 6) is 1.47. The fraction of sp³-hybridized carbons (Fsp3) is 0.304. The van der Waals surface area contributed by atoms with Crippen LogP contribution in [0.25, 0.3) is 11.3 Å². The number of carbonyl (C=O) groups is 1. The Bertz CT molecular complexity index is 1140. The van der Waals surface area contributed by atoms with E-state index in [1.165, 1.54) is 6.20 Å². The number of hydrogen-bond donors (Lipinski definition) is 1. The van der Waals surface area contributed by atoms with E-state index in [1.807, 2.05) is 17.0 Å². The fourth-order valence-corrected chi connectivity index (χ4v) is 3.70. The molecule has 1 N–H and O–H groups in total. The molecule has 10 heteroatoms. The first-order valence-corrected chi connectivity index (χ1v) is 10.8. The Morgan fingerprint density at radius 1 is 1.09 bits per heavy atom. The molecule has 1 amide bonds. The van der Waals surface area contributed by atoms with Gasteiger partial charge in [-0.05, 0) is 29.8 Å². The van der Waals surface area contributed by atoms with Gasteiger partial charge in [-0.15, -0.1) is 10.2 Å². The number of nitrogens with zero attached hydrogens (tertiary/aromatic N) is 4. The Hall–Kier alpha value is -3.43. The normalized spacial score (nSPS) is 13.5. The summed E-state index contributed by atoms with van der Waals surface area (Å²) in [4.78, 5) is 19.4. The largest absolute Gasteiger partial charge is 0.493 e. The quantitative estimate of drug-likeness (QED) is 0.564. The number of hydrogen-bond acceptors (Lipinski definition) is 8. The van der Waals surface area contributed by atoms with E-state index in [-0.39, 0.29) is 5.91 Å². The molecule has 172 valence electrons. The third-order valence-electron chi connectivity index (χ3n) is 5.23. The number of anilines is 1. The van der Waals surface area contributed by atoms with Crippen LogP contribution in [0.5, 0.6) is 11.5 Å². The summed E-state index contributed by atoms with van der Waals surface area (Å²) in [6.07, 6.45) is 3.17. The number of methoxy groups -OCH3 is 2. The van der Waals surface area contributed by atoms with E-state index in [0.29, 0.717) is 72.0 Å². The molecule has 3 aromatic rings. The molecule has 9 nitrogen and oxygen atoms in total. The fourth-order valence-electron chi connectivity index (χ4n) is 3.52. The van der Waals surface area contributed by atoms with Gasteiger partial charge in [-0.2, -0.15) is 0 Å². The number of nitrogens with one attached hydrogen (secondary N) is 1. The maximum atomic E-state index is 13.3. The summed E-state index contributed by atoms with van der Waals surface area (Å²) >= 11 is 6.08. The molecule has 3 heterocycles. The Morgan fingerprint density at radius 2 is 1.88 bits per heavy atom. The van der Waals surface area contributed by atoms with Crippen LogP contribution in [0.4, 0.5) is 5.82 Å². The average molecular weight is 470 g/mol. The van der Waals surface area contributed by atoms with E-state index in [0.717, 1.165) is 5.56 Å². The van der Waals surface area contributed by atoms with Gasteiger partial charge >= 0.3 is 0 Å². The zero-order chi connectivity index (χ0) is 23.2. The number of aromatic nitrogens is 3. The predicted molar refractivity (Wildman–Crippen MR) is 124 cm³/mol. The van der Waals surface area contributed by atoms with Crippen molar-refractivity contribution in [1.29, 1.82) is 0 Å². The molecule has 0 unspecified atom stereocenters. The van der Waals surface area contributed by atoms with Gasteiger partial charge in [-0.3, -0.25) is 9.78 Å². The van der Waals surface area contributed by atoms with Crippen LogP contribution in [-0.2, 0) is 11.3 Å². The molecule has 1 aliphatic rings. The van der Waals surface area contributed by atoms with E-state index >= 15 is 0 Å². The third-order valence-corrected chi connectivity index (χ3v) is 5.44. The van der Waals surface area contributed by atoms with E-state index in [2.05, 4.69) is 20.5 Å². The molecule has 1 saturated heterocycles. The molecule has 4 rings (SSSR count). The average Bonchev–Trinajstić information content (AvgIpc) is 2.87. The number of halogens is 1. The maximum Gasteiger partial charge on any atom is 0.255 e. The highest BCUT2D eigenvalue weighted by Crippen LogP contribution is 2.28. The standard InChI is InChI=1S/C23H24ClN5O4/c1-31-20-4-3-15(9-21(20)32-2)12-26-23(30)18-11-19(16-10-17(24)14-25-13-16)27-28-22(18)29-5-7-33-8-6-29/h3-4,9-11,13-14H,5-8,12H2,1-2H3,(H,26,30). The molecular weight excluding hydrogens is 446 g/mol. The summed E-state index contributed by atoms with van der Waals surface area (Å²) < 4.78 is 16.1. The van der Waals surface area contributed by atoms with Gasteiger partial charge in [0.2, 0.25) is 0 Å². The van der Waals surface area contributed by atoms with Crippen molar-refractivity contribution in [3.63, 3.8) is 0 Å². The van der Waals surface area contributed by atoms with Crippen LogP contribution in [0.1, 0.15) is 15.9 Å². The van der Waals surface area contributed by atoms with Crippen molar-refractivity contribution in [3.8, 4) is 22.8 Å². The summed E-state index contributed by atoms with van der Waals surface area (Å²) in [7, 11) is 3.15. The van der Waals surface area contributed by atoms with Crippen molar-refractivity contribution in [1.82, 2.24) is 20.5 Å². The van der Waals surface area contributed by atoms with Crippen LogP contribution in [0.15, 0.2) is 42.7 Å². The molecule has 1 aromatic carbocycles. The summed E-state index contributed by atoms with van der Waals surface area (Å²) in [5.41, 5.74) is 2.48. The van der Waals surface area contributed by atoms with Crippen LogP contribution in [-0.4, -0.2) is 61.6 Å². The van der Waals surface area contributed by atoms with Gasteiger partial charge in [-0.1, -0.05) is 17.7 Å². The molecule has 0 atom stereocenters. The van der Waals surface area contributed by atoms with Gasteiger partial charge in [0.25, 0.3) is 5.91 Å². The second-order valence-electron chi connectivity index (χ2n) is 7.33. The minimum absolute atomic E-state index is 0.266. The first-order valence-electron chi connectivity index (χ1n) is 10.4. The van der Waals surface area contributed by atoms with Gasteiger partial charge in [0.1, 0.15) is 0 Å². The van der Waals surface area contributed by atoms with Crippen molar-refractivity contribution in [2.45, 2.75) is 6.54 Å². The second-order valence-corrected chi connectivity index (χ2v) is 7.77. The lowest BCUT2D eigenvalue weighted by Gasteiger charge is -2.28. The minimum atomic E-state index is -0.266. The van der Waals surface area contributed by atoms with Crippen molar-refractivity contribution >= 4 is 23.3 Å². The molecule has 0 radical (unpaired) electrons. The summed E-state index contributed by atoms with van der Waals surface area (Å²) in [6.45, 7) is 2.69. The Labute approximate surface area is 196 Å². The number of carbonyl (C=O) groups excluding carboxylic acids is 1. The van der Waals surface area contributed by atoms with Crippen LogP contribution >= 0.6 is 11.6 Å².